The van der Waals surface area contributed by atoms with Gasteiger partial charge in [-0.05, 0) is 22.0 Å². The van der Waals surface area contributed by atoms with Gasteiger partial charge in [0.15, 0.2) is 0 Å². The second-order valence-electron chi connectivity index (χ2n) is 3.88. The summed E-state index contributed by atoms with van der Waals surface area (Å²) in [6.45, 7) is 0. The Kier molecular flexibility index (Phi) is 3.79. The number of non-ortho nitro benzene ring substituents is 1. The van der Waals surface area contributed by atoms with Crippen molar-refractivity contribution in [1.29, 1.82) is 0 Å². The molecule has 8 nitrogen and oxygen atoms in total. The highest BCUT2D eigenvalue weighted by molar-refractivity contribution is 9.10. The smallest absolute Gasteiger partial charge is 0.325 e. The minimum absolute atomic E-state index is 0.0256. The van der Waals surface area contributed by atoms with Crippen LogP contribution in [0.1, 0.15) is 23.2 Å². The molecule has 0 aliphatic carbocycles. The average Bonchev–Trinajstić information content (AvgIpc) is 2.70. The van der Waals surface area contributed by atoms with Crippen LogP contribution in [0.3, 0.4) is 0 Å². The lowest BCUT2D eigenvalue weighted by molar-refractivity contribution is -0.384. The van der Waals surface area contributed by atoms with Gasteiger partial charge in [0.2, 0.25) is 0 Å². The van der Waals surface area contributed by atoms with Crippen molar-refractivity contribution >= 4 is 39.4 Å². The SMILES string of the molecule is O=C(ON1C(=O)CCC1=O)c1cc([N+](=O)[O-])ccc1Br. The molecule has 0 spiro atoms. The van der Waals surface area contributed by atoms with Crippen LogP contribution in [0.25, 0.3) is 0 Å². The molecular formula is C11H7BrN2O6. The zero-order chi connectivity index (χ0) is 14.9. The Bertz CT molecular complexity index is 613. The van der Waals surface area contributed by atoms with Gasteiger partial charge in [-0.25, -0.2) is 4.79 Å². The first kappa shape index (κ1) is 14.1. The van der Waals surface area contributed by atoms with E-state index in [0.29, 0.717) is 5.06 Å². The number of carbonyl (C=O) groups is 3. The van der Waals surface area contributed by atoms with Crippen LogP contribution in [0.4, 0.5) is 5.69 Å². The number of imide groups is 1. The second kappa shape index (κ2) is 5.37. The number of hydrogen-bond donors (Lipinski definition) is 0. The fourth-order valence-electron chi connectivity index (χ4n) is 1.57. The molecule has 1 aromatic rings. The Morgan fingerprint density at radius 2 is 1.90 bits per heavy atom. The second-order valence-corrected chi connectivity index (χ2v) is 4.74. The van der Waals surface area contributed by atoms with Crippen molar-refractivity contribution in [2.75, 3.05) is 0 Å². The molecule has 0 atom stereocenters. The molecule has 20 heavy (non-hydrogen) atoms. The molecule has 2 rings (SSSR count). The summed E-state index contributed by atoms with van der Waals surface area (Å²) in [7, 11) is 0. The Morgan fingerprint density at radius 1 is 1.30 bits per heavy atom. The fourth-order valence-corrected chi connectivity index (χ4v) is 1.98. The lowest BCUT2D eigenvalue weighted by Gasteiger charge is -2.13. The molecule has 1 aliphatic rings. The maximum atomic E-state index is 11.9. The lowest BCUT2D eigenvalue weighted by atomic mass is 10.2. The predicted octanol–water partition coefficient (Wildman–Crippen LogP) is 1.58. The molecule has 1 aliphatic heterocycles. The van der Waals surface area contributed by atoms with E-state index in [9.17, 15) is 24.5 Å². The number of carbonyl (C=O) groups excluding carboxylic acids is 3. The van der Waals surface area contributed by atoms with Crippen LogP contribution in [0, 0.1) is 10.1 Å². The van der Waals surface area contributed by atoms with Crippen LogP contribution < -0.4 is 0 Å². The molecule has 0 aromatic heterocycles. The van der Waals surface area contributed by atoms with Gasteiger partial charge in [0.05, 0.1) is 10.5 Å². The highest BCUT2D eigenvalue weighted by Gasteiger charge is 2.33. The Balaban J connectivity index is 2.25. The van der Waals surface area contributed by atoms with E-state index >= 15 is 0 Å². The van der Waals surface area contributed by atoms with Crippen LogP contribution in [-0.4, -0.2) is 27.8 Å². The first-order chi connectivity index (χ1) is 9.40. The largest absolute Gasteiger partial charge is 0.365 e. The maximum absolute atomic E-state index is 11.9. The number of rotatable bonds is 3. The third-order valence-corrected chi connectivity index (χ3v) is 3.25. The Hall–Kier alpha value is -2.29. The minimum atomic E-state index is -1.02. The van der Waals surface area contributed by atoms with Crippen molar-refractivity contribution in [2.24, 2.45) is 0 Å². The van der Waals surface area contributed by atoms with Crippen molar-refractivity contribution in [3.8, 4) is 0 Å². The number of hydroxylamine groups is 2. The molecule has 1 saturated heterocycles. The summed E-state index contributed by atoms with van der Waals surface area (Å²) in [5, 5.41) is 11.0. The van der Waals surface area contributed by atoms with Crippen molar-refractivity contribution in [3.63, 3.8) is 0 Å². The summed E-state index contributed by atoms with van der Waals surface area (Å²) in [5.41, 5.74) is -0.453. The number of nitrogens with zero attached hydrogens (tertiary/aromatic N) is 2. The monoisotopic (exact) mass is 342 g/mol. The van der Waals surface area contributed by atoms with E-state index in [1.165, 1.54) is 12.1 Å². The zero-order valence-electron chi connectivity index (χ0n) is 9.87. The molecule has 0 saturated carbocycles. The van der Waals surface area contributed by atoms with Gasteiger partial charge < -0.3 is 4.84 Å². The van der Waals surface area contributed by atoms with E-state index in [4.69, 9.17) is 0 Å². The summed E-state index contributed by atoms with van der Waals surface area (Å²) in [4.78, 5) is 49.2. The van der Waals surface area contributed by atoms with Gasteiger partial charge in [-0.2, -0.15) is 0 Å². The first-order valence-electron chi connectivity index (χ1n) is 5.42. The molecule has 1 heterocycles. The number of halogens is 1. The highest BCUT2D eigenvalue weighted by atomic mass is 79.9. The lowest BCUT2D eigenvalue weighted by Crippen LogP contribution is -2.32. The summed E-state index contributed by atoms with van der Waals surface area (Å²) in [6.07, 6.45) is -0.0511. The molecule has 0 N–H and O–H groups in total. The van der Waals surface area contributed by atoms with Gasteiger partial charge in [-0.1, -0.05) is 0 Å². The minimum Gasteiger partial charge on any atom is -0.325 e. The topological polar surface area (TPSA) is 107 Å². The van der Waals surface area contributed by atoms with Crippen LogP contribution in [0.5, 0.6) is 0 Å². The van der Waals surface area contributed by atoms with Crippen LogP contribution in [0.15, 0.2) is 22.7 Å². The number of benzene rings is 1. The summed E-state index contributed by atoms with van der Waals surface area (Å²) >= 11 is 3.05. The standard InChI is InChI=1S/C11H7BrN2O6/c12-8-2-1-6(14(18)19)5-7(8)11(17)20-13-9(15)3-4-10(13)16/h1-2,5H,3-4H2. The van der Waals surface area contributed by atoms with E-state index in [1.54, 1.807) is 0 Å². The van der Waals surface area contributed by atoms with E-state index in [0.717, 1.165) is 6.07 Å². The molecule has 2 amide bonds. The number of amides is 2. The van der Waals surface area contributed by atoms with Crippen LogP contribution in [-0.2, 0) is 14.4 Å². The maximum Gasteiger partial charge on any atom is 0.365 e. The summed E-state index contributed by atoms with van der Waals surface area (Å²) in [5.74, 6) is -2.26. The normalized spacial score (nSPS) is 14.6. The Labute approximate surface area is 120 Å². The third kappa shape index (κ3) is 2.67. The quantitative estimate of drug-likeness (QED) is 0.468. The van der Waals surface area contributed by atoms with Gasteiger partial charge >= 0.3 is 5.97 Å². The zero-order valence-corrected chi connectivity index (χ0v) is 11.5. The molecule has 0 radical (unpaired) electrons. The summed E-state index contributed by atoms with van der Waals surface area (Å²) < 4.78 is 0.257. The highest BCUT2D eigenvalue weighted by Crippen LogP contribution is 2.24. The average molecular weight is 343 g/mol. The fraction of sp³-hybridized carbons (Fsp3) is 0.182. The van der Waals surface area contributed by atoms with E-state index in [2.05, 4.69) is 20.8 Å². The van der Waals surface area contributed by atoms with Crippen molar-refractivity contribution in [3.05, 3.63) is 38.3 Å². The van der Waals surface area contributed by atoms with E-state index in [1.807, 2.05) is 0 Å². The van der Waals surface area contributed by atoms with Gasteiger partial charge in [-0.15, -0.1) is 5.06 Å². The van der Waals surface area contributed by atoms with Gasteiger partial charge in [0.25, 0.3) is 17.5 Å². The van der Waals surface area contributed by atoms with Crippen LogP contribution >= 0.6 is 15.9 Å². The first-order valence-corrected chi connectivity index (χ1v) is 6.21. The third-order valence-electron chi connectivity index (χ3n) is 2.56. The van der Waals surface area contributed by atoms with Gasteiger partial charge in [-0.3, -0.25) is 19.7 Å². The van der Waals surface area contributed by atoms with Crippen molar-refractivity contribution < 1.29 is 24.1 Å². The molecule has 104 valence electrons. The molecule has 0 unspecified atom stereocenters. The van der Waals surface area contributed by atoms with Crippen molar-refractivity contribution in [1.82, 2.24) is 5.06 Å². The number of nitro groups is 1. The summed E-state index contributed by atoms with van der Waals surface area (Å²) in [6, 6.07) is 3.51. The van der Waals surface area contributed by atoms with Crippen LogP contribution in [0.2, 0.25) is 0 Å². The van der Waals surface area contributed by atoms with E-state index in [-0.39, 0.29) is 28.6 Å². The van der Waals surface area contributed by atoms with Crippen molar-refractivity contribution in [2.45, 2.75) is 12.8 Å². The van der Waals surface area contributed by atoms with E-state index < -0.39 is 22.7 Å². The molecule has 9 heteroatoms. The Morgan fingerprint density at radius 3 is 2.45 bits per heavy atom. The molecule has 0 bridgehead atoms. The number of hydrogen-bond acceptors (Lipinski definition) is 6. The van der Waals surface area contributed by atoms with Gasteiger partial charge in [0, 0.05) is 29.4 Å². The number of nitro benzene ring substituents is 1. The molecule has 1 aromatic carbocycles. The predicted molar refractivity (Wildman–Crippen MR) is 67.3 cm³/mol. The molecular weight excluding hydrogens is 336 g/mol. The molecule has 1 fully saturated rings. The van der Waals surface area contributed by atoms with Gasteiger partial charge in [0.1, 0.15) is 0 Å².